The maximum Gasteiger partial charge on any atom is 0.278 e. The number of fused-ring (bicyclic) bond motifs is 3. The number of nitrogens with zero attached hydrogens (tertiary/aromatic N) is 2. The number of H-pyrrole nitrogens is 1. The van der Waals surface area contributed by atoms with Gasteiger partial charge in [0.15, 0.2) is 5.16 Å². The van der Waals surface area contributed by atoms with E-state index in [1.54, 1.807) is 17.8 Å². The van der Waals surface area contributed by atoms with Gasteiger partial charge in [-0.05, 0) is 6.07 Å². The van der Waals surface area contributed by atoms with E-state index in [2.05, 4.69) is 11.6 Å². The fourth-order valence-electron chi connectivity index (χ4n) is 2.40. The molecule has 0 aliphatic carbocycles. The van der Waals surface area contributed by atoms with Crippen LogP contribution >= 0.6 is 11.8 Å². The Hall–Kier alpha value is -2.05. The second kappa shape index (κ2) is 6.37. The van der Waals surface area contributed by atoms with Crippen molar-refractivity contribution in [1.82, 2.24) is 14.5 Å². The highest BCUT2D eigenvalue weighted by atomic mass is 32.2. The van der Waals surface area contributed by atoms with Crippen LogP contribution < -0.4 is 5.56 Å². The zero-order chi connectivity index (χ0) is 15.5. The summed E-state index contributed by atoms with van der Waals surface area (Å²) in [5.74, 6) is 0.702. The molecular weight excluding hydrogens is 298 g/mol. The summed E-state index contributed by atoms with van der Waals surface area (Å²) in [5.41, 5.74) is 2.12. The Morgan fingerprint density at radius 3 is 3.05 bits per heavy atom. The van der Waals surface area contributed by atoms with Crippen molar-refractivity contribution < 1.29 is 4.74 Å². The zero-order valence-electron chi connectivity index (χ0n) is 12.3. The summed E-state index contributed by atoms with van der Waals surface area (Å²) >= 11 is 1.50. The van der Waals surface area contributed by atoms with Crippen molar-refractivity contribution in [1.29, 1.82) is 0 Å². The third-order valence-corrected chi connectivity index (χ3v) is 4.40. The number of para-hydroxylation sites is 1. The standard InChI is InChI=1S/C16H17N3O2S/c1-3-10-22-16-18-13-11-6-4-5-7-12(11)17-14(13)15(20)19(16)8-9-21-2/h3-7,17H,1,8-10H2,2H3. The largest absolute Gasteiger partial charge is 0.383 e. The Balaban J connectivity index is 2.26. The highest BCUT2D eigenvalue weighted by molar-refractivity contribution is 7.99. The van der Waals surface area contributed by atoms with Gasteiger partial charge in [-0.2, -0.15) is 0 Å². The Labute approximate surface area is 132 Å². The number of aromatic amines is 1. The molecule has 0 atom stereocenters. The second-order valence-electron chi connectivity index (χ2n) is 4.84. The fraction of sp³-hybridized carbons (Fsp3) is 0.250. The SMILES string of the molecule is C=CCSc1nc2c([nH]c3ccccc32)c(=O)n1CCOC. The van der Waals surface area contributed by atoms with Crippen LogP contribution in [0, 0.1) is 0 Å². The van der Waals surface area contributed by atoms with Crippen LogP contribution in [0.15, 0.2) is 46.9 Å². The van der Waals surface area contributed by atoms with Gasteiger partial charge in [-0.25, -0.2) is 4.98 Å². The molecule has 0 aliphatic heterocycles. The van der Waals surface area contributed by atoms with Gasteiger partial charge in [-0.3, -0.25) is 9.36 Å². The number of aromatic nitrogens is 3. The van der Waals surface area contributed by atoms with Crippen LogP contribution in [0.3, 0.4) is 0 Å². The first-order chi connectivity index (χ1) is 10.8. The third-order valence-electron chi connectivity index (χ3n) is 3.43. The number of ether oxygens (including phenoxy) is 1. The van der Waals surface area contributed by atoms with Crippen LogP contribution in [0.5, 0.6) is 0 Å². The molecule has 114 valence electrons. The summed E-state index contributed by atoms with van der Waals surface area (Å²) in [6, 6.07) is 7.81. The summed E-state index contributed by atoms with van der Waals surface area (Å²) in [6.07, 6.45) is 1.80. The quantitative estimate of drug-likeness (QED) is 0.432. The lowest BCUT2D eigenvalue weighted by Crippen LogP contribution is -2.25. The molecule has 1 aromatic carbocycles. The van der Waals surface area contributed by atoms with E-state index in [9.17, 15) is 4.79 Å². The van der Waals surface area contributed by atoms with Gasteiger partial charge in [0.25, 0.3) is 5.56 Å². The lowest BCUT2D eigenvalue weighted by atomic mass is 10.2. The first-order valence-electron chi connectivity index (χ1n) is 7.00. The van der Waals surface area contributed by atoms with E-state index in [1.165, 1.54) is 11.8 Å². The summed E-state index contributed by atoms with van der Waals surface area (Å²) < 4.78 is 6.77. The Bertz CT molecular complexity index is 882. The molecule has 2 heterocycles. The molecule has 0 spiro atoms. The van der Waals surface area contributed by atoms with Gasteiger partial charge in [0.05, 0.1) is 13.2 Å². The van der Waals surface area contributed by atoms with Crippen molar-refractivity contribution in [2.45, 2.75) is 11.7 Å². The second-order valence-corrected chi connectivity index (χ2v) is 5.82. The van der Waals surface area contributed by atoms with Crippen molar-refractivity contribution >= 4 is 33.7 Å². The fourth-order valence-corrected chi connectivity index (χ4v) is 3.15. The van der Waals surface area contributed by atoms with E-state index >= 15 is 0 Å². The average molecular weight is 315 g/mol. The normalized spacial score (nSPS) is 11.3. The van der Waals surface area contributed by atoms with Crippen molar-refractivity contribution in [3.63, 3.8) is 0 Å². The minimum absolute atomic E-state index is 0.0650. The van der Waals surface area contributed by atoms with Crippen molar-refractivity contribution in [2.24, 2.45) is 0 Å². The van der Waals surface area contributed by atoms with Gasteiger partial charge < -0.3 is 9.72 Å². The first-order valence-corrected chi connectivity index (χ1v) is 7.98. The number of hydrogen-bond donors (Lipinski definition) is 1. The highest BCUT2D eigenvalue weighted by Gasteiger charge is 2.15. The first kappa shape index (κ1) is 14.9. The smallest absolute Gasteiger partial charge is 0.278 e. The predicted octanol–water partition coefficient (Wildman–Crippen LogP) is 2.80. The molecule has 0 unspecified atom stereocenters. The summed E-state index contributed by atoms with van der Waals surface area (Å²) in [7, 11) is 1.62. The van der Waals surface area contributed by atoms with Gasteiger partial charge in [0.2, 0.25) is 0 Å². The predicted molar refractivity (Wildman–Crippen MR) is 90.7 cm³/mol. The number of thioether (sulfide) groups is 1. The van der Waals surface area contributed by atoms with Crippen LogP contribution in [-0.2, 0) is 11.3 Å². The number of benzene rings is 1. The van der Waals surface area contributed by atoms with E-state index in [1.807, 2.05) is 24.3 Å². The molecule has 0 saturated carbocycles. The number of hydrogen-bond acceptors (Lipinski definition) is 4. The molecule has 0 saturated heterocycles. The molecule has 0 bridgehead atoms. The van der Waals surface area contributed by atoms with Crippen molar-refractivity contribution in [3.8, 4) is 0 Å². The van der Waals surface area contributed by atoms with Gasteiger partial charge >= 0.3 is 0 Å². The molecule has 6 heteroatoms. The minimum Gasteiger partial charge on any atom is -0.383 e. The molecule has 0 fully saturated rings. The van der Waals surface area contributed by atoms with Crippen LogP contribution in [0.25, 0.3) is 21.9 Å². The Morgan fingerprint density at radius 1 is 1.45 bits per heavy atom. The molecule has 22 heavy (non-hydrogen) atoms. The third kappa shape index (κ3) is 2.55. The zero-order valence-corrected chi connectivity index (χ0v) is 13.2. The Morgan fingerprint density at radius 2 is 2.27 bits per heavy atom. The molecule has 0 radical (unpaired) electrons. The van der Waals surface area contributed by atoms with Gasteiger partial charge in [-0.1, -0.05) is 36.0 Å². The molecule has 0 amide bonds. The Kier molecular flexibility index (Phi) is 4.31. The summed E-state index contributed by atoms with van der Waals surface area (Å²) in [6.45, 7) is 4.67. The van der Waals surface area contributed by atoms with E-state index in [0.717, 1.165) is 16.4 Å². The van der Waals surface area contributed by atoms with Crippen molar-refractivity contribution in [2.75, 3.05) is 19.5 Å². The van der Waals surface area contributed by atoms with Crippen molar-refractivity contribution in [3.05, 3.63) is 47.3 Å². The van der Waals surface area contributed by atoms with Gasteiger partial charge in [0, 0.05) is 23.8 Å². The van der Waals surface area contributed by atoms with E-state index in [0.29, 0.717) is 29.6 Å². The summed E-state index contributed by atoms with van der Waals surface area (Å²) in [4.78, 5) is 20.7. The molecule has 3 rings (SSSR count). The molecular formula is C16H17N3O2S. The van der Waals surface area contributed by atoms with Gasteiger partial charge in [-0.15, -0.1) is 6.58 Å². The monoisotopic (exact) mass is 315 g/mol. The number of rotatable bonds is 6. The van der Waals surface area contributed by atoms with E-state index < -0.39 is 0 Å². The minimum atomic E-state index is -0.0650. The molecule has 3 aromatic rings. The average Bonchev–Trinajstić information content (AvgIpc) is 2.91. The van der Waals surface area contributed by atoms with E-state index in [4.69, 9.17) is 9.72 Å². The highest BCUT2D eigenvalue weighted by Crippen LogP contribution is 2.24. The van der Waals surface area contributed by atoms with Crippen LogP contribution in [0.2, 0.25) is 0 Å². The van der Waals surface area contributed by atoms with Crippen LogP contribution in [0.4, 0.5) is 0 Å². The topological polar surface area (TPSA) is 59.9 Å². The maximum atomic E-state index is 12.8. The lowest BCUT2D eigenvalue weighted by molar-refractivity contribution is 0.183. The molecule has 0 aliphatic rings. The molecule has 2 aromatic heterocycles. The lowest BCUT2D eigenvalue weighted by Gasteiger charge is -2.10. The summed E-state index contributed by atoms with van der Waals surface area (Å²) in [5, 5.41) is 1.66. The number of nitrogens with one attached hydrogen (secondary N) is 1. The van der Waals surface area contributed by atoms with E-state index in [-0.39, 0.29) is 5.56 Å². The molecule has 1 N–H and O–H groups in total. The van der Waals surface area contributed by atoms with Crippen LogP contribution in [0.1, 0.15) is 0 Å². The van der Waals surface area contributed by atoms with Crippen LogP contribution in [-0.4, -0.2) is 34.0 Å². The molecule has 5 nitrogen and oxygen atoms in total. The maximum absolute atomic E-state index is 12.8. The van der Waals surface area contributed by atoms with Gasteiger partial charge in [0.1, 0.15) is 11.0 Å². The number of methoxy groups -OCH3 is 1.